The molecule has 1 N–H and O–H groups in total. The largest absolute Gasteiger partial charge is 0.465 e. The van der Waals surface area contributed by atoms with Gasteiger partial charge in [-0.05, 0) is 47.6 Å². The Balaban J connectivity index is 1.70. The normalized spacial score (nSPS) is 18.9. The smallest absolute Gasteiger partial charge is 0.407 e. The number of fused-ring (bicyclic) bond motifs is 1. The molecule has 0 saturated carbocycles. The highest BCUT2D eigenvalue weighted by atomic mass is 16.4. The molecule has 2 atom stereocenters. The molecule has 1 unspecified atom stereocenters. The number of rotatable bonds is 4. The van der Waals surface area contributed by atoms with Crippen molar-refractivity contribution in [2.24, 2.45) is 17.9 Å². The molecule has 1 fully saturated rings. The van der Waals surface area contributed by atoms with Crippen LogP contribution in [-0.2, 0) is 20.1 Å². The van der Waals surface area contributed by atoms with E-state index in [-0.39, 0.29) is 28.6 Å². The molecule has 39 heavy (non-hydrogen) atoms. The van der Waals surface area contributed by atoms with Gasteiger partial charge in [0.05, 0.1) is 28.9 Å². The topological polar surface area (TPSA) is 107 Å². The summed E-state index contributed by atoms with van der Waals surface area (Å²) in [5.41, 5.74) is 3.86. The molecule has 4 rings (SSSR count). The second kappa shape index (κ2) is 10.2. The Morgan fingerprint density at radius 1 is 1.13 bits per heavy atom. The fourth-order valence-corrected chi connectivity index (χ4v) is 5.95. The highest BCUT2D eigenvalue weighted by Gasteiger charge is 2.42. The summed E-state index contributed by atoms with van der Waals surface area (Å²) in [5, 5.41) is 19.7. The van der Waals surface area contributed by atoms with E-state index in [9.17, 15) is 20.0 Å². The van der Waals surface area contributed by atoms with Gasteiger partial charge in [0.15, 0.2) is 5.65 Å². The molecule has 3 heterocycles. The predicted molar refractivity (Wildman–Crippen MR) is 152 cm³/mol. The Bertz CT molecular complexity index is 1500. The average molecular weight is 533 g/mol. The first-order valence-corrected chi connectivity index (χ1v) is 13.5. The van der Waals surface area contributed by atoms with Crippen LogP contribution in [0, 0.1) is 22.2 Å². The van der Waals surface area contributed by atoms with Gasteiger partial charge in [-0.2, -0.15) is 5.26 Å². The lowest BCUT2D eigenvalue weighted by atomic mass is 9.80. The standard InChI is InChI=1S/C30H40N6O3/c1-19-25(30(5,6)7)35(28(38)39)14-13-34(19)17-20-9-10-21(16-31)22(15-20)23-11-12-24-26(32-23)33(8)27(37)36(24)18-29(2,3)4/h9-12,15,19,25H,13-14,17-18H2,1-8H3,(H,38,39)/t19-,25?/m1/s1. The molecule has 9 heteroatoms. The van der Waals surface area contributed by atoms with E-state index in [0.717, 1.165) is 16.6 Å². The fraction of sp³-hybridized carbons (Fsp3) is 0.533. The minimum Gasteiger partial charge on any atom is -0.465 e. The maximum Gasteiger partial charge on any atom is 0.407 e. The summed E-state index contributed by atoms with van der Waals surface area (Å²) in [6.45, 7) is 16.9. The third kappa shape index (κ3) is 5.57. The van der Waals surface area contributed by atoms with Gasteiger partial charge in [-0.25, -0.2) is 14.6 Å². The van der Waals surface area contributed by atoms with E-state index >= 15 is 0 Å². The lowest BCUT2D eigenvalue weighted by molar-refractivity contribution is -0.0182. The highest BCUT2D eigenvalue weighted by Crippen LogP contribution is 2.33. The van der Waals surface area contributed by atoms with Crippen molar-refractivity contribution < 1.29 is 9.90 Å². The minimum atomic E-state index is -0.880. The molecule has 1 aliphatic rings. The molecular formula is C30H40N6O3. The van der Waals surface area contributed by atoms with Gasteiger partial charge < -0.3 is 10.0 Å². The third-order valence-electron chi connectivity index (χ3n) is 7.61. The number of carbonyl (C=O) groups is 1. The number of imidazole rings is 1. The fourth-order valence-electron chi connectivity index (χ4n) is 5.95. The van der Waals surface area contributed by atoms with Crippen LogP contribution in [0.2, 0.25) is 0 Å². The van der Waals surface area contributed by atoms with Crippen LogP contribution in [0.3, 0.4) is 0 Å². The number of pyridine rings is 1. The summed E-state index contributed by atoms with van der Waals surface area (Å²) in [5.74, 6) is 0. The number of aryl methyl sites for hydroxylation is 1. The molecule has 0 radical (unpaired) electrons. The Labute approximate surface area is 230 Å². The van der Waals surface area contributed by atoms with Crippen LogP contribution in [0.4, 0.5) is 4.79 Å². The van der Waals surface area contributed by atoms with Gasteiger partial charge in [0.25, 0.3) is 0 Å². The summed E-state index contributed by atoms with van der Waals surface area (Å²) in [6.07, 6.45) is -0.880. The van der Waals surface area contributed by atoms with Gasteiger partial charge in [-0.3, -0.25) is 14.0 Å². The number of benzene rings is 1. The number of hydrogen-bond acceptors (Lipinski definition) is 5. The van der Waals surface area contributed by atoms with Gasteiger partial charge in [0.2, 0.25) is 0 Å². The quantitative estimate of drug-likeness (QED) is 0.511. The summed E-state index contributed by atoms with van der Waals surface area (Å²) < 4.78 is 3.33. The number of nitriles is 1. The lowest BCUT2D eigenvalue weighted by Crippen LogP contribution is -2.63. The van der Waals surface area contributed by atoms with Crippen molar-refractivity contribution in [1.82, 2.24) is 23.9 Å². The van der Waals surface area contributed by atoms with Crippen molar-refractivity contribution in [2.75, 3.05) is 13.1 Å². The molecule has 1 saturated heterocycles. The summed E-state index contributed by atoms with van der Waals surface area (Å²) in [6, 6.07) is 11.7. The first-order valence-electron chi connectivity index (χ1n) is 13.5. The number of piperazine rings is 1. The third-order valence-corrected chi connectivity index (χ3v) is 7.61. The van der Waals surface area contributed by atoms with Gasteiger partial charge in [-0.15, -0.1) is 0 Å². The van der Waals surface area contributed by atoms with Crippen LogP contribution >= 0.6 is 0 Å². The number of aromatic nitrogens is 3. The first kappa shape index (κ1) is 28.4. The number of hydrogen-bond donors (Lipinski definition) is 1. The zero-order valence-corrected chi connectivity index (χ0v) is 24.3. The van der Waals surface area contributed by atoms with Gasteiger partial charge in [0.1, 0.15) is 0 Å². The molecule has 1 amide bonds. The zero-order valence-electron chi connectivity index (χ0n) is 24.3. The van der Waals surface area contributed by atoms with E-state index in [4.69, 9.17) is 4.98 Å². The van der Waals surface area contributed by atoms with Crippen LogP contribution < -0.4 is 5.69 Å². The van der Waals surface area contributed by atoms with Crippen LogP contribution in [0.15, 0.2) is 35.1 Å². The van der Waals surface area contributed by atoms with E-state index in [1.54, 1.807) is 21.1 Å². The maximum atomic E-state index is 13.0. The van der Waals surface area contributed by atoms with Crippen LogP contribution in [0.1, 0.15) is 59.6 Å². The second-order valence-electron chi connectivity index (χ2n) is 13.0. The van der Waals surface area contributed by atoms with Gasteiger partial charge in [0, 0.05) is 44.8 Å². The molecule has 0 spiro atoms. The molecule has 1 aliphatic heterocycles. The molecule has 1 aromatic carbocycles. The van der Waals surface area contributed by atoms with Gasteiger partial charge >= 0.3 is 11.8 Å². The number of nitrogens with zero attached hydrogens (tertiary/aromatic N) is 6. The van der Waals surface area contributed by atoms with Crippen molar-refractivity contribution in [3.8, 4) is 17.3 Å². The van der Waals surface area contributed by atoms with Crippen molar-refractivity contribution in [3.05, 3.63) is 51.9 Å². The SMILES string of the molecule is C[C@@H]1C(C(C)(C)C)N(C(=O)O)CCN1Cc1ccc(C#N)c(-c2ccc3c(n2)n(C)c(=O)n3CC(C)(C)C)c1. The molecule has 9 nitrogen and oxygen atoms in total. The summed E-state index contributed by atoms with van der Waals surface area (Å²) >= 11 is 0. The van der Waals surface area contributed by atoms with E-state index in [2.05, 4.69) is 59.4 Å². The summed E-state index contributed by atoms with van der Waals surface area (Å²) in [7, 11) is 1.73. The Hall–Kier alpha value is -3.64. The number of amides is 1. The maximum absolute atomic E-state index is 13.0. The highest BCUT2D eigenvalue weighted by molar-refractivity contribution is 5.78. The second-order valence-corrected chi connectivity index (χ2v) is 13.0. The van der Waals surface area contributed by atoms with Crippen molar-refractivity contribution >= 4 is 17.3 Å². The van der Waals surface area contributed by atoms with E-state index < -0.39 is 6.09 Å². The zero-order chi connectivity index (χ0) is 28.9. The Morgan fingerprint density at radius 3 is 2.41 bits per heavy atom. The predicted octanol–water partition coefficient (Wildman–Crippen LogP) is 4.92. The molecule has 0 bridgehead atoms. The average Bonchev–Trinajstić information content (AvgIpc) is 3.07. The molecule has 2 aromatic heterocycles. The summed E-state index contributed by atoms with van der Waals surface area (Å²) in [4.78, 5) is 33.7. The molecule has 0 aliphatic carbocycles. The van der Waals surface area contributed by atoms with Crippen molar-refractivity contribution in [1.29, 1.82) is 5.26 Å². The van der Waals surface area contributed by atoms with Crippen LogP contribution in [0.5, 0.6) is 0 Å². The molecular weight excluding hydrogens is 492 g/mol. The van der Waals surface area contributed by atoms with E-state index in [1.807, 2.05) is 30.3 Å². The lowest BCUT2D eigenvalue weighted by Gasteiger charge is -2.50. The van der Waals surface area contributed by atoms with Crippen LogP contribution in [-0.4, -0.2) is 60.3 Å². The van der Waals surface area contributed by atoms with Gasteiger partial charge in [-0.1, -0.05) is 47.6 Å². The van der Waals surface area contributed by atoms with E-state index in [1.165, 1.54) is 0 Å². The monoisotopic (exact) mass is 532 g/mol. The number of carboxylic acid groups (broad SMARTS) is 1. The Morgan fingerprint density at radius 2 is 1.82 bits per heavy atom. The Kier molecular flexibility index (Phi) is 7.39. The molecule has 3 aromatic rings. The minimum absolute atomic E-state index is 0.0144. The van der Waals surface area contributed by atoms with E-state index in [0.29, 0.717) is 43.1 Å². The molecule has 208 valence electrons. The first-order chi connectivity index (χ1) is 18.1. The van der Waals surface area contributed by atoms with Crippen molar-refractivity contribution in [3.63, 3.8) is 0 Å². The van der Waals surface area contributed by atoms with Crippen molar-refractivity contribution in [2.45, 2.75) is 73.6 Å². The van der Waals surface area contributed by atoms with Crippen LogP contribution in [0.25, 0.3) is 22.4 Å².